The van der Waals surface area contributed by atoms with Gasteiger partial charge in [-0.25, -0.2) is 0 Å². The Bertz CT molecular complexity index is 1420. The summed E-state index contributed by atoms with van der Waals surface area (Å²) >= 11 is 0. The molecule has 1 heterocycles. The third-order valence-electron chi connectivity index (χ3n) is 6.50. The summed E-state index contributed by atoms with van der Waals surface area (Å²) in [7, 11) is 0. The number of fused-ring (bicyclic) bond motifs is 2. The molecule has 0 bridgehead atoms. The van der Waals surface area contributed by atoms with Crippen molar-refractivity contribution in [3.05, 3.63) is 87.6 Å². The van der Waals surface area contributed by atoms with E-state index in [9.17, 15) is 14.9 Å². The average Bonchev–Trinajstić information content (AvgIpc) is 3.45. The lowest BCUT2D eigenvalue weighted by Gasteiger charge is -2.18. The first-order chi connectivity index (χ1) is 16.9. The fourth-order valence-corrected chi connectivity index (χ4v) is 4.82. The van der Waals surface area contributed by atoms with Gasteiger partial charge < -0.3 is 9.84 Å². The van der Waals surface area contributed by atoms with Crippen molar-refractivity contribution in [2.75, 3.05) is 0 Å². The van der Waals surface area contributed by atoms with Crippen LogP contribution in [0.5, 0.6) is 5.75 Å². The first-order valence-electron chi connectivity index (χ1n) is 11.7. The van der Waals surface area contributed by atoms with E-state index in [1.165, 1.54) is 17.2 Å². The zero-order valence-electron chi connectivity index (χ0n) is 19.3. The Morgan fingerprint density at radius 2 is 1.91 bits per heavy atom. The molecule has 35 heavy (non-hydrogen) atoms. The summed E-state index contributed by atoms with van der Waals surface area (Å²) in [5.74, 6) is -0.735. The van der Waals surface area contributed by atoms with Gasteiger partial charge >= 0.3 is 11.7 Å². The monoisotopic (exact) mass is 471 g/mol. The van der Waals surface area contributed by atoms with Gasteiger partial charge in [0.05, 0.1) is 16.6 Å². The Morgan fingerprint density at radius 3 is 2.57 bits per heavy atom. The minimum atomic E-state index is -0.952. The number of rotatable bonds is 8. The van der Waals surface area contributed by atoms with Crippen LogP contribution in [-0.4, -0.2) is 31.9 Å². The minimum absolute atomic E-state index is 0.114. The number of carboxylic acids is 1. The number of aryl methyl sites for hydroxylation is 2. The average molecular weight is 472 g/mol. The number of aliphatic carboxylic acids is 1. The van der Waals surface area contributed by atoms with Crippen LogP contribution in [0.25, 0.3) is 22.0 Å². The smallest absolute Gasteiger partial charge is 0.311 e. The summed E-state index contributed by atoms with van der Waals surface area (Å²) in [6, 6.07) is 17.2. The Kier molecular flexibility index (Phi) is 5.94. The molecule has 5 rings (SSSR count). The normalized spacial score (nSPS) is 13.2. The molecule has 0 radical (unpaired) electrons. The van der Waals surface area contributed by atoms with E-state index in [-0.39, 0.29) is 30.4 Å². The van der Waals surface area contributed by atoms with E-state index in [0.717, 1.165) is 23.0 Å². The molecule has 3 aromatic carbocycles. The SMILES string of the molecule is CCn1ncc2cc(-c3cc(CCC(=O)O)cc([N+](=O)[O-])c3OC3Cc4ccccc4C3)ccc21. The highest BCUT2D eigenvalue weighted by atomic mass is 16.6. The van der Waals surface area contributed by atoms with Crippen LogP contribution < -0.4 is 4.74 Å². The molecule has 1 N–H and O–H groups in total. The number of nitro benzene ring substituents is 1. The van der Waals surface area contributed by atoms with Crippen LogP contribution in [-0.2, 0) is 30.6 Å². The number of carboxylic acid groups (broad SMARTS) is 1. The van der Waals surface area contributed by atoms with Crippen molar-refractivity contribution in [2.24, 2.45) is 0 Å². The Hall–Kier alpha value is -4.20. The predicted octanol–water partition coefficient (Wildman–Crippen LogP) is 5.19. The largest absolute Gasteiger partial charge is 0.482 e. The molecular formula is C27H25N3O5. The van der Waals surface area contributed by atoms with Gasteiger partial charge in [0.25, 0.3) is 0 Å². The minimum Gasteiger partial charge on any atom is -0.482 e. The van der Waals surface area contributed by atoms with Crippen molar-refractivity contribution in [2.45, 2.75) is 45.3 Å². The molecule has 0 aliphatic heterocycles. The van der Waals surface area contributed by atoms with Crippen LogP contribution in [0.4, 0.5) is 5.69 Å². The van der Waals surface area contributed by atoms with E-state index in [0.29, 0.717) is 24.0 Å². The highest BCUT2D eigenvalue weighted by Gasteiger charge is 2.29. The summed E-state index contributed by atoms with van der Waals surface area (Å²) in [6.45, 7) is 2.75. The fraction of sp³-hybridized carbons (Fsp3) is 0.259. The number of hydrogen-bond acceptors (Lipinski definition) is 5. The van der Waals surface area contributed by atoms with Crippen molar-refractivity contribution in [1.82, 2.24) is 9.78 Å². The summed E-state index contributed by atoms with van der Waals surface area (Å²) in [6.07, 6.45) is 2.98. The predicted molar refractivity (Wildman–Crippen MR) is 132 cm³/mol. The molecular weight excluding hydrogens is 446 g/mol. The van der Waals surface area contributed by atoms with Crippen LogP contribution in [0.2, 0.25) is 0 Å². The lowest BCUT2D eigenvalue weighted by molar-refractivity contribution is -0.386. The molecule has 1 aromatic heterocycles. The Morgan fingerprint density at radius 1 is 1.17 bits per heavy atom. The molecule has 0 unspecified atom stereocenters. The number of hydrogen-bond donors (Lipinski definition) is 1. The van der Waals surface area contributed by atoms with Crippen LogP contribution in [0.3, 0.4) is 0 Å². The maximum atomic E-state index is 12.1. The zero-order chi connectivity index (χ0) is 24.5. The summed E-state index contributed by atoms with van der Waals surface area (Å²) < 4.78 is 8.26. The molecule has 178 valence electrons. The second-order valence-corrected chi connectivity index (χ2v) is 8.79. The number of nitro groups is 1. The van der Waals surface area contributed by atoms with E-state index in [2.05, 4.69) is 17.2 Å². The lowest BCUT2D eigenvalue weighted by Crippen LogP contribution is -2.18. The highest BCUT2D eigenvalue weighted by molar-refractivity contribution is 5.87. The molecule has 1 aliphatic rings. The van der Waals surface area contributed by atoms with Gasteiger partial charge in [0.1, 0.15) is 6.10 Å². The fourth-order valence-electron chi connectivity index (χ4n) is 4.82. The van der Waals surface area contributed by atoms with Gasteiger partial charge in [-0.15, -0.1) is 0 Å². The van der Waals surface area contributed by atoms with Gasteiger partial charge in [-0.3, -0.25) is 19.6 Å². The van der Waals surface area contributed by atoms with E-state index >= 15 is 0 Å². The Balaban J connectivity index is 1.61. The van der Waals surface area contributed by atoms with Gasteiger partial charge in [0.2, 0.25) is 5.75 Å². The highest BCUT2D eigenvalue weighted by Crippen LogP contribution is 2.42. The van der Waals surface area contributed by atoms with E-state index in [1.807, 2.05) is 48.0 Å². The molecule has 0 atom stereocenters. The second-order valence-electron chi connectivity index (χ2n) is 8.79. The van der Waals surface area contributed by atoms with Crippen molar-refractivity contribution < 1.29 is 19.6 Å². The second kappa shape index (κ2) is 9.21. The summed E-state index contributed by atoms with van der Waals surface area (Å²) in [5.41, 5.74) is 5.13. The molecule has 0 spiro atoms. The van der Waals surface area contributed by atoms with Crippen LogP contribution in [0, 0.1) is 10.1 Å². The van der Waals surface area contributed by atoms with Crippen LogP contribution in [0.1, 0.15) is 30.0 Å². The number of nitrogens with zero attached hydrogens (tertiary/aromatic N) is 3. The topological polar surface area (TPSA) is 107 Å². The van der Waals surface area contributed by atoms with E-state index < -0.39 is 10.9 Å². The molecule has 0 saturated heterocycles. The van der Waals surface area contributed by atoms with Crippen molar-refractivity contribution >= 4 is 22.6 Å². The standard InChI is InChI=1S/C27H25N3O5/c1-2-29-24-9-8-20(13-21(24)16-28-29)23-11-17(7-10-26(31)32)12-25(30(33)34)27(23)35-22-14-18-5-3-4-6-19(18)15-22/h3-6,8-9,11-13,16,22H,2,7,10,14-15H2,1H3,(H,31,32). The molecule has 4 aromatic rings. The molecule has 0 amide bonds. The number of ether oxygens (including phenoxy) is 1. The summed E-state index contributed by atoms with van der Waals surface area (Å²) in [5, 5.41) is 26.6. The third kappa shape index (κ3) is 4.47. The van der Waals surface area contributed by atoms with E-state index in [4.69, 9.17) is 9.84 Å². The van der Waals surface area contributed by atoms with Gasteiger partial charge in [-0.2, -0.15) is 5.10 Å². The van der Waals surface area contributed by atoms with Crippen molar-refractivity contribution in [3.8, 4) is 16.9 Å². The van der Waals surface area contributed by atoms with Gasteiger partial charge in [0, 0.05) is 42.8 Å². The number of carbonyl (C=O) groups is 1. The first-order valence-corrected chi connectivity index (χ1v) is 11.7. The Labute approximate surface area is 201 Å². The van der Waals surface area contributed by atoms with Crippen molar-refractivity contribution in [3.63, 3.8) is 0 Å². The van der Waals surface area contributed by atoms with Gasteiger partial charge in [-0.1, -0.05) is 30.3 Å². The van der Waals surface area contributed by atoms with Gasteiger partial charge in [0.15, 0.2) is 0 Å². The summed E-state index contributed by atoms with van der Waals surface area (Å²) in [4.78, 5) is 22.9. The van der Waals surface area contributed by atoms with Gasteiger partial charge in [-0.05, 0) is 53.8 Å². The third-order valence-corrected chi connectivity index (χ3v) is 6.50. The van der Waals surface area contributed by atoms with Crippen LogP contribution in [0.15, 0.2) is 60.8 Å². The van der Waals surface area contributed by atoms with E-state index in [1.54, 1.807) is 6.20 Å². The van der Waals surface area contributed by atoms with Crippen LogP contribution >= 0.6 is 0 Å². The molecule has 8 nitrogen and oxygen atoms in total. The molecule has 1 aliphatic carbocycles. The first kappa shape index (κ1) is 22.6. The molecule has 8 heteroatoms. The quantitative estimate of drug-likeness (QED) is 0.280. The van der Waals surface area contributed by atoms with Crippen molar-refractivity contribution in [1.29, 1.82) is 0 Å². The lowest BCUT2D eigenvalue weighted by atomic mass is 9.97. The maximum Gasteiger partial charge on any atom is 0.311 e. The number of benzene rings is 3. The maximum absolute atomic E-state index is 12.1. The molecule has 0 fully saturated rings. The number of aromatic nitrogens is 2. The molecule has 0 saturated carbocycles. The zero-order valence-corrected chi connectivity index (χ0v) is 19.3.